The molecule has 1 heterocycles. The van der Waals surface area contributed by atoms with Gasteiger partial charge in [-0.05, 0) is 13.3 Å². The van der Waals surface area contributed by atoms with Crippen molar-refractivity contribution in [2.75, 3.05) is 33.5 Å². The summed E-state index contributed by atoms with van der Waals surface area (Å²) >= 11 is 0. The van der Waals surface area contributed by atoms with Gasteiger partial charge in [-0.1, -0.05) is 6.92 Å². The summed E-state index contributed by atoms with van der Waals surface area (Å²) in [4.78, 5) is 25.1. The van der Waals surface area contributed by atoms with Crippen LogP contribution in [0.5, 0.6) is 0 Å². The zero-order valence-corrected chi connectivity index (χ0v) is 12.3. The number of hydrogen-bond acceptors (Lipinski definition) is 4. The van der Waals surface area contributed by atoms with Gasteiger partial charge in [0, 0.05) is 13.7 Å². The van der Waals surface area contributed by atoms with Crippen LogP contribution in [0.25, 0.3) is 0 Å². The van der Waals surface area contributed by atoms with Crippen LogP contribution in [0.3, 0.4) is 0 Å². The minimum absolute atomic E-state index is 0.127. The number of carboxylic acids is 1. The number of nitrogens with one attached hydrogen (secondary N) is 1. The minimum atomic E-state index is -0.925. The summed E-state index contributed by atoms with van der Waals surface area (Å²) in [7, 11) is 1.57. The van der Waals surface area contributed by atoms with Crippen molar-refractivity contribution < 1.29 is 24.2 Å². The van der Waals surface area contributed by atoms with Crippen molar-refractivity contribution in [3.05, 3.63) is 0 Å². The van der Waals surface area contributed by atoms with Crippen molar-refractivity contribution in [3.8, 4) is 0 Å². The maximum absolute atomic E-state index is 12.3. The quantitative estimate of drug-likeness (QED) is 0.714. The molecule has 0 aromatic carbocycles. The van der Waals surface area contributed by atoms with Crippen molar-refractivity contribution in [2.45, 2.75) is 32.4 Å². The van der Waals surface area contributed by atoms with Crippen molar-refractivity contribution in [1.82, 2.24) is 10.2 Å². The van der Waals surface area contributed by atoms with Gasteiger partial charge in [0.2, 0.25) is 0 Å². The average Bonchev–Trinajstić information content (AvgIpc) is 2.84. The Hall–Kier alpha value is -1.34. The minimum Gasteiger partial charge on any atom is -0.481 e. The summed E-state index contributed by atoms with van der Waals surface area (Å²) in [5.41, 5.74) is 0. The third-order valence-corrected chi connectivity index (χ3v) is 3.28. The van der Waals surface area contributed by atoms with Crippen molar-refractivity contribution in [1.29, 1.82) is 0 Å². The van der Waals surface area contributed by atoms with Crippen LogP contribution < -0.4 is 5.32 Å². The van der Waals surface area contributed by atoms with E-state index in [-0.39, 0.29) is 25.3 Å². The Morgan fingerprint density at radius 3 is 2.75 bits per heavy atom. The molecule has 7 nitrogen and oxygen atoms in total. The van der Waals surface area contributed by atoms with Crippen LogP contribution in [0.4, 0.5) is 4.79 Å². The molecule has 1 aliphatic rings. The van der Waals surface area contributed by atoms with E-state index >= 15 is 0 Å². The molecule has 2 N–H and O–H groups in total. The predicted octanol–water partition coefficient (Wildman–Crippen LogP) is 0.543. The second kappa shape index (κ2) is 8.06. The lowest BCUT2D eigenvalue weighted by molar-refractivity contribution is -0.142. The Morgan fingerprint density at radius 2 is 2.20 bits per heavy atom. The van der Waals surface area contributed by atoms with E-state index in [0.29, 0.717) is 13.2 Å². The number of methoxy groups -OCH3 is 1. The third-order valence-electron chi connectivity index (χ3n) is 3.28. The smallest absolute Gasteiger partial charge is 0.318 e. The van der Waals surface area contributed by atoms with Crippen LogP contribution >= 0.6 is 0 Å². The Bertz CT molecular complexity index is 337. The number of hydrogen-bond donors (Lipinski definition) is 2. The lowest BCUT2D eigenvalue weighted by atomic mass is 10.0. The molecule has 1 fully saturated rings. The van der Waals surface area contributed by atoms with Crippen molar-refractivity contribution in [3.63, 3.8) is 0 Å². The summed E-state index contributed by atoms with van der Waals surface area (Å²) in [6, 6.07) is -0.808. The molecule has 1 saturated heterocycles. The van der Waals surface area contributed by atoms with Crippen LogP contribution in [0.15, 0.2) is 0 Å². The number of rotatable bonds is 7. The summed E-state index contributed by atoms with van der Waals surface area (Å²) in [6.45, 7) is 5.12. The molecule has 0 saturated carbocycles. The second-order valence-electron chi connectivity index (χ2n) is 5.05. The van der Waals surface area contributed by atoms with Gasteiger partial charge in [0.25, 0.3) is 0 Å². The molecule has 0 aromatic heterocycles. The van der Waals surface area contributed by atoms with Gasteiger partial charge in [0.05, 0.1) is 31.9 Å². The first kappa shape index (κ1) is 16.7. The molecule has 0 bridgehead atoms. The van der Waals surface area contributed by atoms with Gasteiger partial charge < -0.3 is 24.8 Å². The Labute approximate surface area is 119 Å². The number of carboxylic acid groups (broad SMARTS) is 1. The zero-order chi connectivity index (χ0) is 15.1. The van der Waals surface area contributed by atoms with Crippen LogP contribution in [-0.2, 0) is 14.3 Å². The predicted molar refractivity (Wildman–Crippen MR) is 72.6 cm³/mol. The van der Waals surface area contributed by atoms with Gasteiger partial charge in [-0.25, -0.2) is 4.79 Å². The molecule has 20 heavy (non-hydrogen) atoms. The van der Waals surface area contributed by atoms with E-state index in [4.69, 9.17) is 9.47 Å². The van der Waals surface area contributed by atoms with E-state index in [0.717, 1.165) is 6.42 Å². The van der Waals surface area contributed by atoms with Gasteiger partial charge in [-0.3, -0.25) is 4.79 Å². The van der Waals surface area contributed by atoms with Crippen LogP contribution in [0.2, 0.25) is 0 Å². The van der Waals surface area contributed by atoms with E-state index in [1.807, 2.05) is 13.8 Å². The standard InChI is InChI=1S/C13H24N2O5/c1-4-5-15(13(18)14-9(2)6-19-3)11-8-20-7-10(11)12(16)17/h9-11H,4-8H2,1-3H3,(H,14,18)(H,16,17). The molecule has 2 amide bonds. The van der Waals surface area contributed by atoms with E-state index in [9.17, 15) is 14.7 Å². The van der Waals surface area contributed by atoms with Gasteiger partial charge in [0.1, 0.15) is 5.92 Å². The van der Waals surface area contributed by atoms with E-state index in [1.54, 1.807) is 12.0 Å². The Morgan fingerprint density at radius 1 is 1.50 bits per heavy atom. The summed E-state index contributed by atoms with van der Waals surface area (Å²) < 4.78 is 10.2. The SMILES string of the molecule is CCCN(C(=O)NC(C)COC)C1COCC1C(=O)O. The van der Waals surface area contributed by atoms with Gasteiger partial charge in [-0.15, -0.1) is 0 Å². The molecule has 0 aromatic rings. The first-order chi connectivity index (χ1) is 9.51. The molecule has 1 rings (SSSR count). The van der Waals surface area contributed by atoms with Gasteiger partial charge >= 0.3 is 12.0 Å². The monoisotopic (exact) mass is 288 g/mol. The first-order valence-corrected chi connectivity index (χ1v) is 6.87. The van der Waals surface area contributed by atoms with Crippen molar-refractivity contribution >= 4 is 12.0 Å². The summed E-state index contributed by atoms with van der Waals surface area (Å²) in [6.07, 6.45) is 0.759. The number of amides is 2. The van der Waals surface area contributed by atoms with Crippen LogP contribution in [0.1, 0.15) is 20.3 Å². The molecule has 3 unspecified atom stereocenters. The molecule has 1 aliphatic heterocycles. The molecule has 0 aliphatic carbocycles. The molecular formula is C13H24N2O5. The number of carbonyl (C=O) groups excluding carboxylic acids is 1. The summed E-state index contributed by atoms with van der Waals surface area (Å²) in [5, 5.41) is 12.0. The fourth-order valence-corrected chi connectivity index (χ4v) is 2.33. The van der Waals surface area contributed by atoms with E-state index in [1.165, 1.54) is 0 Å². The highest BCUT2D eigenvalue weighted by Gasteiger charge is 2.39. The number of urea groups is 1. The maximum atomic E-state index is 12.3. The topological polar surface area (TPSA) is 88.1 Å². The number of aliphatic carboxylic acids is 1. The highest BCUT2D eigenvalue weighted by atomic mass is 16.5. The molecular weight excluding hydrogens is 264 g/mol. The molecule has 7 heteroatoms. The van der Waals surface area contributed by atoms with Gasteiger partial charge in [0.15, 0.2) is 0 Å². The average molecular weight is 288 g/mol. The number of carbonyl (C=O) groups is 2. The van der Waals surface area contributed by atoms with Gasteiger partial charge in [-0.2, -0.15) is 0 Å². The number of ether oxygens (including phenoxy) is 2. The van der Waals surface area contributed by atoms with Crippen LogP contribution in [-0.4, -0.2) is 67.6 Å². The number of nitrogens with zero attached hydrogens (tertiary/aromatic N) is 1. The second-order valence-corrected chi connectivity index (χ2v) is 5.05. The molecule has 0 radical (unpaired) electrons. The zero-order valence-electron chi connectivity index (χ0n) is 12.3. The Kier molecular flexibility index (Phi) is 6.74. The Balaban J connectivity index is 2.72. The lowest BCUT2D eigenvalue weighted by Gasteiger charge is -2.31. The molecule has 3 atom stereocenters. The molecule has 116 valence electrons. The largest absolute Gasteiger partial charge is 0.481 e. The lowest BCUT2D eigenvalue weighted by Crippen LogP contribution is -2.53. The fraction of sp³-hybridized carbons (Fsp3) is 0.846. The molecule has 0 spiro atoms. The van der Waals surface area contributed by atoms with Crippen molar-refractivity contribution in [2.24, 2.45) is 5.92 Å². The van der Waals surface area contributed by atoms with Crippen LogP contribution in [0, 0.1) is 5.92 Å². The highest BCUT2D eigenvalue weighted by molar-refractivity contribution is 5.77. The fourth-order valence-electron chi connectivity index (χ4n) is 2.33. The van der Waals surface area contributed by atoms with E-state index in [2.05, 4.69) is 5.32 Å². The summed E-state index contributed by atoms with van der Waals surface area (Å²) in [5.74, 6) is -1.59. The maximum Gasteiger partial charge on any atom is 0.318 e. The highest BCUT2D eigenvalue weighted by Crippen LogP contribution is 2.20. The normalized spacial score (nSPS) is 23.4. The third kappa shape index (κ3) is 4.35. The first-order valence-electron chi connectivity index (χ1n) is 6.87. The van der Waals surface area contributed by atoms with E-state index < -0.39 is 17.9 Å².